The quantitative estimate of drug-likeness (QED) is 0.522. The van der Waals surface area contributed by atoms with Crippen LogP contribution in [0.1, 0.15) is 11.1 Å². The van der Waals surface area contributed by atoms with Crippen molar-refractivity contribution in [3.63, 3.8) is 0 Å². The SMILES string of the molecule is Cc1cc(Br)ccc1OCc1ccc(N)c([N+](=O)[O-])c1. The Morgan fingerprint density at radius 1 is 1.30 bits per heavy atom. The Morgan fingerprint density at radius 2 is 2.05 bits per heavy atom. The monoisotopic (exact) mass is 336 g/mol. The fraction of sp³-hybridized carbons (Fsp3) is 0.143. The van der Waals surface area contributed by atoms with Gasteiger partial charge in [0.2, 0.25) is 0 Å². The van der Waals surface area contributed by atoms with Gasteiger partial charge in [-0.15, -0.1) is 0 Å². The molecule has 2 aromatic rings. The van der Waals surface area contributed by atoms with Gasteiger partial charge in [-0.05, 0) is 42.3 Å². The summed E-state index contributed by atoms with van der Waals surface area (Å²) in [7, 11) is 0. The Hall–Kier alpha value is -2.08. The highest BCUT2D eigenvalue weighted by atomic mass is 79.9. The van der Waals surface area contributed by atoms with Crippen molar-refractivity contribution >= 4 is 27.3 Å². The van der Waals surface area contributed by atoms with Gasteiger partial charge in [-0.2, -0.15) is 0 Å². The molecule has 0 spiro atoms. The molecule has 2 N–H and O–H groups in total. The standard InChI is InChI=1S/C14H13BrN2O3/c1-9-6-11(15)3-5-14(9)20-8-10-2-4-12(16)13(7-10)17(18)19/h2-7H,8,16H2,1H3. The molecule has 0 radical (unpaired) electrons. The Kier molecular flexibility index (Phi) is 4.24. The second kappa shape index (κ2) is 5.92. The first kappa shape index (κ1) is 14.3. The normalized spacial score (nSPS) is 10.3. The van der Waals surface area contributed by atoms with Crippen LogP contribution in [0, 0.1) is 17.0 Å². The summed E-state index contributed by atoms with van der Waals surface area (Å²) in [6.45, 7) is 2.19. The van der Waals surface area contributed by atoms with Gasteiger partial charge in [0.05, 0.1) is 4.92 Å². The van der Waals surface area contributed by atoms with Crippen LogP contribution in [0.15, 0.2) is 40.9 Å². The van der Waals surface area contributed by atoms with Crippen molar-refractivity contribution in [1.29, 1.82) is 0 Å². The lowest BCUT2D eigenvalue weighted by atomic mass is 10.2. The Labute approximate surface area is 124 Å². The minimum absolute atomic E-state index is 0.0985. The third-order valence-electron chi connectivity index (χ3n) is 2.82. The second-order valence-corrected chi connectivity index (χ2v) is 5.26. The molecule has 104 valence electrons. The van der Waals surface area contributed by atoms with Gasteiger partial charge in [0.15, 0.2) is 0 Å². The van der Waals surface area contributed by atoms with E-state index in [1.165, 1.54) is 12.1 Å². The van der Waals surface area contributed by atoms with E-state index in [0.717, 1.165) is 15.8 Å². The van der Waals surface area contributed by atoms with Crippen molar-refractivity contribution in [2.75, 3.05) is 5.73 Å². The molecule has 0 unspecified atom stereocenters. The van der Waals surface area contributed by atoms with Crippen LogP contribution in [0.2, 0.25) is 0 Å². The number of anilines is 1. The van der Waals surface area contributed by atoms with Crippen molar-refractivity contribution in [1.82, 2.24) is 0 Å². The summed E-state index contributed by atoms with van der Waals surface area (Å²) in [6, 6.07) is 10.4. The number of benzene rings is 2. The number of hydrogen-bond acceptors (Lipinski definition) is 4. The van der Waals surface area contributed by atoms with Crippen LogP contribution in [0.3, 0.4) is 0 Å². The van der Waals surface area contributed by atoms with E-state index in [1.807, 2.05) is 25.1 Å². The Balaban J connectivity index is 2.15. The number of ether oxygens (including phenoxy) is 1. The first-order chi connectivity index (χ1) is 9.47. The zero-order valence-corrected chi connectivity index (χ0v) is 12.4. The van der Waals surface area contributed by atoms with E-state index < -0.39 is 4.92 Å². The Morgan fingerprint density at radius 3 is 2.70 bits per heavy atom. The maximum Gasteiger partial charge on any atom is 0.292 e. The van der Waals surface area contributed by atoms with Crippen molar-refractivity contribution in [3.8, 4) is 5.75 Å². The highest BCUT2D eigenvalue weighted by molar-refractivity contribution is 9.10. The summed E-state index contributed by atoms with van der Waals surface area (Å²) < 4.78 is 6.65. The van der Waals surface area contributed by atoms with E-state index in [1.54, 1.807) is 6.07 Å². The molecule has 6 heteroatoms. The van der Waals surface area contributed by atoms with E-state index >= 15 is 0 Å². The summed E-state index contributed by atoms with van der Waals surface area (Å²) >= 11 is 3.38. The van der Waals surface area contributed by atoms with Crippen LogP contribution in [0.25, 0.3) is 0 Å². The molecule has 0 fully saturated rings. The van der Waals surface area contributed by atoms with Crippen LogP contribution in [-0.4, -0.2) is 4.92 Å². The minimum atomic E-state index is -0.496. The van der Waals surface area contributed by atoms with Crippen molar-refractivity contribution in [2.45, 2.75) is 13.5 Å². The zero-order chi connectivity index (χ0) is 14.7. The van der Waals surface area contributed by atoms with Crippen LogP contribution in [-0.2, 0) is 6.61 Å². The molecule has 5 nitrogen and oxygen atoms in total. The average Bonchev–Trinajstić information content (AvgIpc) is 2.39. The van der Waals surface area contributed by atoms with E-state index in [0.29, 0.717) is 5.56 Å². The molecule has 0 amide bonds. The molecule has 0 atom stereocenters. The largest absolute Gasteiger partial charge is 0.489 e. The fourth-order valence-corrected chi connectivity index (χ4v) is 2.25. The van der Waals surface area contributed by atoms with Gasteiger partial charge >= 0.3 is 0 Å². The third-order valence-corrected chi connectivity index (χ3v) is 3.32. The fourth-order valence-electron chi connectivity index (χ4n) is 1.77. The topological polar surface area (TPSA) is 78.4 Å². The lowest BCUT2D eigenvalue weighted by Crippen LogP contribution is -2.00. The highest BCUT2D eigenvalue weighted by Crippen LogP contribution is 2.25. The Bertz CT molecular complexity index is 659. The highest BCUT2D eigenvalue weighted by Gasteiger charge is 2.12. The van der Waals surface area contributed by atoms with Crippen LogP contribution < -0.4 is 10.5 Å². The molecule has 2 aromatic carbocycles. The van der Waals surface area contributed by atoms with Gasteiger partial charge in [-0.25, -0.2) is 0 Å². The van der Waals surface area contributed by atoms with Gasteiger partial charge in [-0.1, -0.05) is 22.0 Å². The molecule has 0 aliphatic rings. The van der Waals surface area contributed by atoms with Gasteiger partial charge in [0.25, 0.3) is 5.69 Å². The number of nitro benzene ring substituents is 1. The second-order valence-electron chi connectivity index (χ2n) is 4.35. The number of nitrogens with two attached hydrogens (primary N) is 1. The van der Waals surface area contributed by atoms with E-state index in [4.69, 9.17) is 10.5 Å². The number of halogens is 1. The first-order valence-corrected chi connectivity index (χ1v) is 6.68. The lowest BCUT2D eigenvalue weighted by Gasteiger charge is -2.09. The van der Waals surface area contributed by atoms with E-state index in [2.05, 4.69) is 15.9 Å². The number of nitrogen functional groups attached to an aromatic ring is 1. The average molecular weight is 337 g/mol. The summed E-state index contributed by atoms with van der Waals surface area (Å²) in [5.41, 5.74) is 7.30. The molecular formula is C14H13BrN2O3. The van der Waals surface area contributed by atoms with Crippen LogP contribution >= 0.6 is 15.9 Å². The summed E-state index contributed by atoms with van der Waals surface area (Å²) in [5, 5.41) is 10.8. The smallest absolute Gasteiger partial charge is 0.292 e. The number of nitrogens with zero attached hydrogens (tertiary/aromatic N) is 1. The molecule has 0 saturated carbocycles. The minimum Gasteiger partial charge on any atom is -0.489 e. The number of nitro groups is 1. The van der Waals surface area contributed by atoms with Gasteiger partial charge in [-0.3, -0.25) is 10.1 Å². The molecule has 20 heavy (non-hydrogen) atoms. The molecule has 0 aliphatic carbocycles. The number of hydrogen-bond donors (Lipinski definition) is 1. The molecule has 0 aromatic heterocycles. The number of aryl methyl sites for hydroxylation is 1. The molecule has 0 heterocycles. The van der Waals surface area contributed by atoms with E-state index in [-0.39, 0.29) is 18.0 Å². The van der Waals surface area contributed by atoms with Crippen molar-refractivity contribution in [3.05, 3.63) is 62.1 Å². The molecule has 0 aliphatic heterocycles. The predicted molar refractivity (Wildman–Crippen MR) is 80.7 cm³/mol. The summed E-state index contributed by atoms with van der Waals surface area (Å²) in [5.74, 6) is 0.743. The molecule has 0 saturated heterocycles. The maximum atomic E-state index is 10.8. The third kappa shape index (κ3) is 3.27. The zero-order valence-electron chi connectivity index (χ0n) is 10.8. The van der Waals surface area contributed by atoms with Crippen molar-refractivity contribution in [2.24, 2.45) is 0 Å². The molecule has 0 bridgehead atoms. The predicted octanol–water partition coefficient (Wildman–Crippen LogP) is 3.83. The first-order valence-electron chi connectivity index (χ1n) is 5.89. The van der Waals surface area contributed by atoms with E-state index in [9.17, 15) is 10.1 Å². The van der Waals surface area contributed by atoms with Crippen LogP contribution in [0.4, 0.5) is 11.4 Å². The van der Waals surface area contributed by atoms with Gasteiger partial charge < -0.3 is 10.5 Å². The van der Waals surface area contributed by atoms with Crippen molar-refractivity contribution < 1.29 is 9.66 Å². The van der Waals surface area contributed by atoms with Gasteiger partial charge in [0.1, 0.15) is 18.0 Å². The maximum absolute atomic E-state index is 10.8. The summed E-state index contributed by atoms with van der Waals surface area (Å²) in [4.78, 5) is 10.3. The molecule has 2 rings (SSSR count). The number of rotatable bonds is 4. The van der Waals surface area contributed by atoms with Gasteiger partial charge in [0, 0.05) is 10.5 Å². The summed E-state index contributed by atoms with van der Waals surface area (Å²) in [6.07, 6.45) is 0. The van der Waals surface area contributed by atoms with Crippen LogP contribution in [0.5, 0.6) is 5.75 Å². The lowest BCUT2D eigenvalue weighted by molar-refractivity contribution is -0.384. The molecular weight excluding hydrogens is 324 g/mol.